The molecule has 2 aromatic rings. The van der Waals surface area contributed by atoms with Crippen LogP contribution in [0.5, 0.6) is 0 Å². The van der Waals surface area contributed by atoms with Crippen LogP contribution in [0, 0.1) is 0 Å². The van der Waals surface area contributed by atoms with Gasteiger partial charge in [-0.25, -0.2) is 0 Å². The first-order valence-corrected chi connectivity index (χ1v) is 6.21. The predicted octanol–water partition coefficient (Wildman–Crippen LogP) is 2.44. The molecule has 92 valence electrons. The molecule has 0 aliphatic heterocycles. The van der Waals surface area contributed by atoms with Crippen LogP contribution in [0.25, 0.3) is 0 Å². The van der Waals surface area contributed by atoms with E-state index in [0.29, 0.717) is 5.69 Å². The molecule has 3 rings (SSSR count). The maximum atomic E-state index is 12.2. The van der Waals surface area contributed by atoms with Crippen molar-refractivity contribution in [2.75, 3.05) is 0 Å². The van der Waals surface area contributed by atoms with Crippen LogP contribution in [0.4, 0.5) is 0 Å². The smallest absolute Gasteiger partial charge is 0.268 e. The lowest BCUT2D eigenvalue weighted by Gasteiger charge is -2.18. The van der Waals surface area contributed by atoms with E-state index in [1.54, 1.807) is 0 Å². The van der Waals surface area contributed by atoms with Gasteiger partial charge in [0, 0.05) is 13.2 Å². The number of aryl methyl sites for hydroxylation is 1. The Balaban J connectivity index is 1.82. The second-order valence-electron chi connectivity index (χ2n) is 4.91. The number of carbonyl (C=O) groups excluding carboxylic acids is 1. The van der Waals surface area contributed by atoms with E-state index >= 15 is 0 Å². The number of nitrogens with one attached hydrogen (secondary N) is 1. The van der Waals surface area contributed by atoms with Gasteiger partial charge in [0.2, 0.25) is 0 Å². The van der Waals surface area contributed by atoms with E-state index in [2.05, 4.69) is 17.4 Å². The molecule has 1 aliphatic rings. The highest BCUT2D eigenvalue weighted by molar-refractivity contribution is 5.93. The molecule has 0 saturated heterocycles. The number of nitrogens with zero attached hydrogens (tertiary/aromatic N) is 1. The first kappa shape index (κ1) is 11.1. The summed E-state index contributed by atoms with van der Waals surface area (Å²) < 4.78 is 1.84. The number of amides is 1. The van der Waals surface area contributed by atoms with Gasteiger partial charge in [-0.1, -0.05) is 30.3 Å². The van der Waals surface area contributed by atoms with Crippen molar-refractivity contribution >= 4 is 5.91 Å². The molecule has 1 amide bonds. The largest absolute Gasteiger partial charge is 0.347 e. The zero-order valence-electron chi connectivity index (χ0n) is 10.4. The van der Waals surface area contributed by atoms with Crippen LogP contribution in [-0.4, -0.2) is 10.5 Å². The van der Waals surface area contributed by atoms with Gasteiger partial charge in [-0.2, -0.15) is 0 Å². The first-order chi connectivity index (χ1) is 8.71. The Kier molecular flexibility index (Phi) is 2.47. The minimum absolute atomic E-state index is 0.00357. The minimum Gasteiger partial charge on any atom is -0.347 e. The zero-order chi connectivity index (χ0) is 12.6. The molecule has 0 unspecified atom stereocenters. The molecule has 0 atom stereocenters. The summed E-state index contributed by atoms with van der Waals surface area (Å²) in [4.78, 5) is 12.2. The zero-order valence-corrected chi connectivity index (χ0v) is 10.4. The van der Waals surface area contributed by atoms with E-state index < -0.39 is 0 Å². The van der Waals surface area contributed by atoms with Crippen molar-refractivity contribution in [3.05, 3.63) is 59.9 Å². The van der Waals surface area contributed by atoms with Crippen molar-refractivity contribution in [3.63, 3.8) is 0 Å². The number of hydrogen-bond donors (Lipinski definition) is 1. The summed E-state index contributed by atoms with van der Waals surface area (Å²) in [6.07, 6.45) is 3.93. The fraction of sp³-hybridized carbons (Fsp3) is 0.267. The maximum Gasteiger partial charge on any atom is 0.268 e. The molecular weight excluding hydrogens is 224 g/mol. The Bertz CT molecular complexity index is 567. The molecule has 1 N–H and O–H groups in total. The highest BCUT2D eigenvalue weighted by atomic mass is 16.2. The summed E-state index contributed by atoms with van der Waals surface area (Å²) in [5.41, 5.74) is 1.77. The molecule has 18 heavy (non-hydrogen) atoms. The van der Waals surface area contributed by atoms with Crippen LogP contribution < -0.4 is 5.32 Å². The Labute approximate surface area is 106 Å². The van der Waals surface area contributed by atoms with Gasteiger partial charge in [0.05, 0.1) is 5.54 Å². The van der Waals surface area contributed by atoms with Crippen molar-refractivity contribution in [2.45, 2.75) is 18.4 Å². The number of benzene rings is 1. The van der Waals surface area contributed by atoms with E-state index in [4.69, 9.17) is 0 Å². The van der Waals surface area contributed by atoms with Crippen molar-refractivity contribution < 1.29 is 4.79 Å². The molecule has 1 fully saturated rings. The molecule has 3 nitrogen and oxygen atoms in total. The molecule has 1 aromatic carbocycles. The summed E-state index contributed by atoms with van der Waals surface area (Å²) >= 11 is 0. The Hall–Kier alpha value is -2.03. The molecule has 1 heterocycles. The van der Waals surface area contributed by atoms with Gasteiger partial charge >= 0.3 is 0 Å². The van der Waals surface area contributed by atoms with Crippen molar-refractivity contribution in [3.8, 4) is 0 Å². The molecule has 1 saturated carbocycles. The Morgan fingerprint density at radius 3 is 2.44 bits per heavy atom. The lowest BCUT2D eigenvalue weighted by Crippen LogP contribution is -2.35. The van der Waals surface area contributed by atoms with E-state index in [1.165, 1.54) is 5.56 Å². The highest BCUT2D eigenvalue weighted by Crippen LogP contribution is 2.45. The average Bonchev–Trinajstić information content (AvgIpc) is 3.04. The fourth-order valence-corrected chi connectivity index (χ4v) is 2.35. The SMILES string of the molecule is Cn1cccc1C(=O)NC1(c2ccccc2)CC1. The van der Waals surface area contributed by atoms with E-state index in [-0.39, 0.29) is 11.4 Å². The fourth-order valence-electron chi connectivity index (χ4n) is 2.35. The van der Waals surface area contributed by atoms with Gasteiger partial charge in [-0.15, -0.1) is 0 Å². The second kappa shape index (κ2) is 4.02. The predicted molar refractivity (Wildman–Crippen MR) is 70.2 cm³/mol. The standard InChI is InChI=1S/C15H16N2O/c1-17-11-5-8-13(17)14(18)16-15(9-10-15)12-6-3-2-4-7-12/h2-8,11H,9-10H2,1H3,(H,16,18). The summed E-state index contributed by atoms with van der Waals surface area (Å²) in [6, 6.07) is 13.9. The number of hydrogen-bond acceptors (Lipinski definition) is 1. The maximum absolute atomic E-state index is 12.2. The topological polar surface area (TPSA) is 34.0 Å². The van der Waals surface area contributed by atoms with Crippen LogP contribution in [0.1, 0.15) is 28.9 Å². The Morgan fingerprint density at radius 1 is 1.17 bits per heavy atom. The van der Waals surface area contributed by atoms with Crippen molar-refractivity contribution in [2.24, 2.45) is 7.05 Å². The normalized spacial score (nSPS) is 16.3. The number of rotatable bonds is 3. The van der Waals surface area contributed by atoms with Gasteiger partial charge in [-0.05, 0) is 30.5 Å². The highest BCUT2D eigenvalue weighted by Gasteiger charge is 2.45. The van der Waals surface area contributed by atoms with Gasteiger partial charge in [-0.3, -0.25) is 4.79 Å². The summed E-state index contributed by atoms with van der Waals surface area (Å²) in [5.74, 6) is 0.00357. The monoisotopic (exact) mass is 240 g/mol. The van der Waals surface area contributed by atoms with Gasteiger partial charge in [0.15, 0.2) is 0 Å². The Morgan fingerprint density at radius 2 is 1.89 bits per heavy atom. The third-order valence-electron chi connectivity index (χ3n) is 3.61. The van der Waals surface area contributed by atoms with Gasteiger partial charge < -0.3 is 9.88 Å². The van der Waals surface area contributed by atoms with Crippen LogP contribution in [0.15, 0.2) is 48.7 Å². The van der Waals surface area contributed by atoms with Crippen LogP contribution in [0.2, 0.25) is 0 Å². The molecule has 0 spiro atoms. The van der Waals surface area contributed by atoms with Crippen LogP contribution >= 0.6 is 0 Å². The third kappa shape index (κ3) is 1.82. The van der Waals surface area contributed by atoms with Crippen molar-refractivity contribution in [1.29, 1.82) is 0 Å². The first-order valence-electron chi connectivity index (χ1n) is 6.21. The lowest BCUT2D eigenvalue weighted by atomic mass is 10.0. The molecular formula is C15H16N2O. The van der Waals surface area contributed by atoms with Gasteiger partial charge in [0.25, 0.3) is 5.91 Å². The number of aromatic nitrogens is 1. The quantitative estimate of drug-likeness (QED) is 0.878. The second-order valence-corrected chi connectivity index (χ2v) is 4.91. The van der Waals surface area contributed by atoms with E-state index in [1.807, 2.05) is 48.1 Å². The average molecular weight is 240 g/mol. The lowest BCUT2D eigenvalue weighted by molar-refractivity contribution is 0.0922. The van der Waals surface area contributed by atoms with Crippen LogP contribution in [-0.2, 0) is 12.6 Å². The van der Waals surface area contributed by atoms with Gasteiger partial charge in [0.1, 0.15) is 5.69 Å². The molecule has 0 radical (unpaired) electrons. The molecule has 0 bridgehead atoms. The van der Waals surface area contributed by atoms with Crippen LogP contribution in [0.3, 0.4) is 0 Å². The van der Waals surface area contributed by atoms with E-state index in [9.17, 15) is 4.79 Å². The molecule has 3 heteroatoms. The summed E-state index contributed by atoms with van der Waals surface area (Å²) in [6.45, 7) is 0. The summed E-state index contributed by atoms with van der Waals surface area (Å²) in [5, 5.41) is 3.17. The van der Waals surface area contributed by atoms with Crippen molar-refractivity contribution in [1.82, 2.24) is 9.88 Å². The summed E-state index contributed by atoms with van der Waals surface area (Å²) in [7, 11) is 1.89. The molecule has 1 aromatic heterocycles. The molecule has 1 aliphatic carbocycles. The third-order valence-corrected chi connectivity index (χ3v) is 3.61. The minimum atomic E-state index is -0.136. The van der Waals surface area contributed by atoms with E-state index in [0.717, 1.165) is 12.8 Å². The number of carbonyl (C=O) groups is 1.